The van der Waals surface area contributed by atoms with Crippen molar-refractivity contribution in [1.82, 2.24) is 29.8 Å². The topological polar surface area (TPSA) is 192 Å². The minimum Gasteiger partial charge on any atom is -0.490 e. The first-order valence-corrected chi connectivity index (χ1v) is 20.2. The van der Waals surface area contributed by atoms with Crippen molar-refractivity contribution >= 4 is 67.0 Å². The van der Waals surface area contributed by atoms with Crippen molar-refractivity contribution in [2.24, 2.45) is 0 Å². The van der Waals surface area contributed by atoms with Gasteiger partial charge in [-0.15, -0.1) is 0 Å². The highest BCUT2D eigenvalue weighted by molar-refractivity contribution is 9.10. The van der Waals surface area contributed by atoms with Crippen LogP contribution < -0.4 is 26.0 Å². The Morgan fingerprint density at radius 2 is 1.72 bits per heavy atom. The predicted octanol–water partition coefficient (Wildman–Crippen LogP) is 3.58. The first-order valence-electron chi connectivity index (χ1n) is 17.9. The van der Waals surface area contributed by atoms with E-state index in [1.54, 1.807) is 22.6 Å². The number of amides is 4. The molecule has 15 nitrogen and oxygen atoms in total. The van der Waals surface area contributed by atoms with Gasteiger partial charge >= 0.3 is 0 Å². The number of nitrogens with zero attached hydrogens (tertiary/aromatic N) is 4. The van der Waals surface area contributed by atoms with E-state index >= 15 is 0 Å². The number of benzene rings is 2. The summed E-state index contributed by atoms with van der Waals surface area (Å²) >= 11 is 3.50. The zero-order chi connectivity index (χ0) is 36.9. The molecule has 53 heavy (non-hydrogen) atoms. The van der Waals surface area contributed by atoms with E-state index in [1.165, 1.54) is 4.90 Å². The lowest BCUT2D eigenvalue weighted by Gasteiger charge is -2.36. The second kappa shape index (κ2) is 14.3. The Kier molecular flexibility index (Phi) is 9.57. The van der Waals surface area contributed by atoms with Gasteiger partial charge in [-0.3, -0.25) is 24.5 Å². The van der Waals surface area contributed by atoms with Gasteiger partial charge in [0.05, 0.1) is 33.6 Å². The number of aromatic nitrogens is 2. The Labute approximate surface area is 314 Å². The van der Waals surface area contributed by atoms with Gasteiger partial charge in [-0.1, -0.05) is 18.2 Å². The van der Waals surface area contributed by atoms with E-state index in [0.29, 0.717) is 103 Å². The van der Waals surface area contributed by atoms with Gasteiger partial charge in [0, 0.05) is 49.4 Å². The molecular weight excluding hydrogens is 768 g/mol. The highest BCUT2D eigenvalue weighted by atomic mass is 79.9. The molecule has 0 spiro atoms. The fraction of sp³-hybridized carbons (Fsp3) is 0.444. The highest BCUT2D eigenvalue weighted by Gasteiger charge is 2.41. The van der Waals surface area contributed by atoms with E-state index in [9.17, 15) is 27.6 Å². The molecule has 1 saturated carbocycles. The first kappa shape index (κ1) is 35.4. The van der Waals surface area contributed by atoms with Crippen molar-refractivity contribution in [3.63, 3.8) is 0 Å². The summed E-state index contributed by atoms with van der Waals surface area (Å²) in [6.45, 7) is 1.47. The van der Waals surface area contributed by atoms with Gasteiger partial charge in [-0.05, 0) is 84.6 Å². The van der Waals surface area contributed by atoms with Crippen LogP contribution in [0.3, 0.4) is 0 Å². The maximum atomic E-state index is 13.8. The zero-order valence-corrected chi connectivity index (χ0v) is 31.2. The number of halogens is 1. The Bertz CT molecular complexity index is 2100. The van der Waals surface area contributed by atoms with Crippen LogP contribution in [0.2, 0.25) is 0 Å². The quantitative estimate of drug-likeness (QED) is 0.231. The summed E-state index contributed by atoms with van der Waals surface area (Å²) in [6, 6.07) is 10.2. The van der Waals surface area contributed by atoms with Crippen LogP contribution in [-0.2, 0) is 32.7 Å². The summed E-state index contributed by atoms with van der Waals surface area (Å²) in [6.07, 6.45) is 5.15. The molecule has 2 saturated heterocycles. The third kappa shape index (κ3) is 6.97. The van der Waals surface area contributed by atoms with Crippen LogP contribution in [-0.4, -0.2) is 87.7 Å². The summed E-state index contributed by atoms with van der Waals surface area (Å²) in [5.74, 6) is 0.292. The second-order valence-corrected chi connectivity index (χ2v) is 17.2. The lowest BCUT2D eigenvalue weighted by molar-refractivity contribution is -0.136. The standard InChI is InChI=1S/C36H39BrN8O7S/c37-26-18-39-36(43-32(26)41-27-5-1-3-20-17-38-34(48)31(20)27)40-21-13-15-44(16-14-21)53(50,51)23-9-7-22(8-10-23)52-29-6-2-4-24-25(29)19-45(35(24)49)28-11-12-30(46)42-33(28)47/h1-6,18,21-23,28H,7-17,19H2,(H,38,48)(H,42,46,47)(H2,39,40,41,43). The van der Waals surface area contributed by atoms with Gasteiger partial charge in [0.2, 0.25) is 27.8 Å². The Morgan fingerprint density at radius 3 is 2.49 bits per heavy atom. The Hall–Kier alpha value is -4.61. The smallest absolute Gasteiger partial charge is 0.255 e. The predicted molar refractivity (Wildman–Crippen MR) is 197 cm³/mol. The molecule has 0 radical (unpaired) electrons. The number of carbonyl (C=O) groups is 4. The number of rotatable bonds is 9. The third-order valence-corrected chi connectivity index (χ3v) is 13.8. The number of ether oxygens (including phenoxy) is 1. The number of anilines is 3. The van der Waals surface area contributed by atoms with E-state index in [-0.39, 0.29) is 49.3 Å². The number of hydrogen-bond donors (Lipinski definition) is 4. The van der Waals surface area contributed by atoms with Gasteiger partial charge in [0.15, 0.2) is 0 Å². The van der Waals surface area contributed by atoms with Gasteiger partial charge in [0.1, 0.15) is 17.6 Å². The molecule has 5 aliphatic rings. The molecule has 1 aromatic heterocycles. The van der Waals surface area contributed by atoms with Crippen LogP contribution in [0.4, 0.5) is 17.5 Å². The van der Waals surface area contributed by atoms with Crippen molar-refractivity contribution in [2.45, 2.75) is 87.9 Å². The van der Waals surface area contributed by atoms with Crippen LogP contribution in [0.5, 0.6) is 5.75 Å². The number of fused-ring (bicyclic) bond motifs is 2. The summed E-state index contributed by atoms with van der Waals surface area (Å²) in [5.41, 5.74) is 3.36. The lowest BCUT2D eigenvalue weighted by atomic mass is 9.97. The monoisotopic (exact) mass is 806 g/mol. The summed E-state index contributed by atoms with van der Waals surface area (Å²) in [5, 5.41) is 11.3. The van der Waals surface area contributed by atoms with Gasteiger partial charge in [-0.25, -0.2) is 17.7 Å². The molecule has 0 bridgehead atoms. The fourth-order valence-electron chi connectivity index (χ4n) is 7.98. The van der Waals surface area contributed by atoms with Gasteiger partial charge < -0.3 is 25.6 Å². The van der Waals surface area contributed by atoms with Crippen molar-refractivity contribution in [3.05, 3.63) is 69.3 Å². The third-order valence-electron chi connectivity index (χ3n) is 10.8. The molecule has 5 heterocycles. The lowest BCUT2D eigenvalue weighted by Crippen LogP contribution is -2.52. The molecule has 278 valence electrons. The number of nitrogens with one attached hydrogen (secondary N) is 4. The largest absolute Gasteiger partial charge is 0.490 e. The first-order chi connectivity index (χ1) is 25.5. The molecule has 4 aliphatic heterocycles. The van der Waals surface area contributed by atoms with Crippen LogP contribution in [0.15, 0.2) is 47.1 Å². The Morgan fingerprint density at radius 1 is 0.943 bits per heavy atom. The normalized spacial score (nSPS) is 23.6. The SMILES string of the molecule is O=C1CCC(N2Cc3c(OC4CCC(S(=O)(=O)N5CCC(Nc6ncc(Br)c(Nc7cccc8c7C(=O)NC8)n6)CC5)CC4)cccc3C2=O)C(=O)N1. The molecular formula is C36H39BrN8O7S. The summed E-state index contributed by atoms with van der Waals surface area (Å²) < 4.78 is 36.1. The van der Waals surface area contributed by atoms with E-state index in [1.807, 2.05) is 24.3 Å². The molecule has 17 heteroatoms. The van der Waals surface area contributed by atoms with Crippen molar-refractivity contribution in [2.75, 3.05) is 23.7 Å². The molecule has 3 aromatic rings. The van der Waals surface area contributed by atoms with E-state index < -0.39 is 27.2 Å². The van der Waals surface area contributed by atoms with E-state index in [0.717, 1.165) is 5.56 Å². The maximum Gasteiger partial charge on any atom is 0.255 e. The van der Waals surface area contributed by atoms with Crippen LogP contribution in [0, 0.1) is 0 Å². The van der Waals surface area contributed by atoms with E-state index in [4.69, 9.17) is 4.74 Å². The molecule has 4 N–H and O–H groups in total. The van der Waals surface area contributed by atoms with Gasteiger partial charge in [-0.2, -0.15) is 4.98 Å². The molecule has 1 atom stereocenters. The minimum absolute atomic E-state index is 0.0169. The van der Waals surface area contributed by atoms with Crippen molar-refractivity contribution in [3.8, 4) is 5.75 Å². The molecule has 2 aromatic carbocycles. The van der Waals surface area contributed by atoms with E-state index in [2.05, 4.69) is 47.2 Å². The highest BCUT2D eigenvalue weighted by Crippen LogP contribution is 2.37. The summed E-state index contributed by atoms with van der Waals surface area (Å²) in [7, 11) is -3.52. The average molecular weight is 808 g/mol. The minimum atomic E-state index is -3.52. The summed E-state index contributed by atoms with van der Waals surface area (Å²) in [4.78, 5) is 60.3. The molecule has 3 fully saturated rings. The second-order valence-electron chi connectivity index (χ2n) is 14.1. The molecule has 1 unspecified atom stereocenters. The molecule has 1 aliphatic carbocycles. The Balaban J connectivity index is 0.837. The van der Waals surface area contributed by atoms with Crippen LogP contribution in [0.1, 0.15) is 83.2 Å². The van der Waals surface area contributed by atoms with Crippen LogP contribution >= 0.6 is 15.9 Å². The zero-order valence-electron chi connectivity index (χ0n) is 28.8. The molecule has 8 rings (SSSR count). The maximum absolute atomic E-state index is 13.8. The number of sulfonamides is 1. The van der Waals surface area contributed by atoms with Gasteiger partial charge in [0.25, 0.3) is 11.8 Å². The average Bonchev–Trinajstić information content (AvgIpc) is 3.70. The van der Waals surface area contributed by atoms with Crippen molar-refractivity contribution in [1.29, 1.82) is 0 Å². The number of imide groups is 1. The number of carbonyl (C=O) groups excluding carboxylic acids is 4. The molecule has 4 amide bonds. The fourth-order valence-corrected chi connectivity index (χ4v) is 10.3. The number of piperidine rings is 2. The van der Waals surface area contributed by atoms with Crippen LogP contribution in [0.25, 0.3) is 0 Å². The van der Waals surface area contributed by atoms with Crippen molar-refractivity contribution < 1.29 is 32.3 Å². The number of hydrogen-bond acceptors (Lipinski definition) is 11.